The highest BCUT2D eigenvalue weighted by Crippen LogP contribution is 2.31. The number of anilines is 1. The lowest BCUT2D eigenvalue weighted by Gasteiger charge is -2.46. The van der Waals surface area contributed by atoms with Crippen molar-refractivity contribution >= 4 is 45.6 Å². The van der Waals surface area contributed by atoms with Gasteiger partial charge < -0.3 is 15.1 Å². The molecule has 0 bridgehead atoms. The Labute approximate surface area is 276 Å². The molecule has 2 fully saturated rings. The molecule has 6 rings (SSSR count). The number of carbonyl (C=O) groups excluding carboxylic acids is 3. The van der Waals surface area contributed by atoms with Gasteiger partial charge in [0.2, 0.25) is 11.8 Å². The number of hydrazine groups is 1. The summed E-state index contributed by atoms with van der Waals surface area (Å²) in [5, 5.41) is 8.57. The Morgan fingerprint density at radius 2 is 1.66 bits per heavy atom. The molecule has 11 nitrogen and oxygen atoms in total. The topological polar surface area (TPSA) is 126 Å². The van der Waals surface area contributed by atoms with Crippen molar-refractivity contribution in [3.63, 3.8) is 0 Å². The molecular formula is C35H38N6O5S. The van der Waals surface area contributed by atoms with Gasteiger partial charge in [-0.25, -0.2) is 9.00 Å². The van der Waals surface area contributed by atoms with Crippen LogP contribution in [0.2, 0.25) is 0 Å². The first-order valence-electron chi connectivity index (χ1n) is 15.7. The fraction of sp³-hybridized carbons (Fsp3) is 0.286. The maximum atomic E-state index is 14.3. The zero-order valence-electron chi connectivity index (χ0n) is 26.1. The molecule has 2 heterocycles. The second-order valence-electron chi connectivity index (χ2n) is 11.8. The predicted octanol–water partition coefficient (Wildman–Crippen LogP) is 4.35. The number of urea groups is 1. The normalized spacial score (nSPS) is 18.7. The lowest BCUT2D eigenvalue weighted by Crippen LogP contribution is -2.66. The van der Waals surface area contributed by atoms with Crippen LogP contribution in [-0.4, -0.2) is 78.3 Å². The minimum absolute atomic E-state index is 0.0273. The third-order valence-electron chi connectivity index (χ3n) is 8.66. The Morgan fingerprint density at radius 1 is 0.936 bits per heavy atom. The van der Waals surface area contributed by atoms with Crippen LogP contribution in [0.25, 0.3) is 10.8 Å². The Kier molecular flexibility index (Phi) is 9.81. The van der Waals surface area contributed by atoms with Gasteiger partial charge in [0, 0.05) is 31.7 Å². The van der Waals surface area contributed by atoms with Gasteiger partial charge in [-0.05, 0) is 46.0 Å². The largest absolute Gasteiger partial charge is 0.333 e. The quantitative estimate of drug-likeness (QED) is 0.207. The van der Waals surface area contributed by atoms with Crippen LogP contribution in [0.15, 0.2) is 97.1 Å². The molecule has 0 aliphatic carbocycles. The molecule has 3 N–H and O–H groups in total. The molecular weight excluding hydrogens is 616 g/mol. The monoisotopic (exact) mass is 654 g/mol. The van der Waals surface area contributed by atoms with E-state index in [-0.39, 0.29) is 37.4 Å². The van der Waals surface area contributed by atoms with E-state index in [0.29, 0.717) is 31.7 Å². The van der Waals surface area contributed by atoms with E-state index in [1.807, 2.05) is 84.7 Å². The summed E-state index contributed by atoms with van der Waals surface area (Å²) in [4.78, 5) is 45.2. The molecule has 2 saturated heterocycles. The standard InChI is InChI=1S/C35H38N6O5S/c1-2-19-39(35(44)36-21-26-9-4-3-5-10-26)40-24-33(42)41-31(20-25-15-17-29(18-16-25)37-47(45)46)34(43)38(23-32(40)41)22-28-13-8-12-27-11-6-7-14-30(27)28/h3-18,31-32,37H,2,19-24H2,1H3,(H,36,44)(H,45,46)/t31-,32+/m0/s1. The predicted molar refractivity (Wildman–Crippen MR) is 181 cm³/mol. The van der Waals surface area contributed by atoms with Gasteiger partial charge in [-0.15, -0.1) is 0 Å². The molecule has 0 aromatic heterocycles. The lowest BCUT2D eigenvalue weighted by molar-refractivity contribution is -0.157. The van der Waals surface area contributed by atoms with Gasteiger partial charge in [-0.3, -0.25) is 23.9 Å². The fourth-order valence-corrected chi connectivity index (χ4v) is 6.82. The molecule has 2 aliphatic rings. The zero-order valence-corrected chi connectivity index (χ0v) is 26.9. The first kappa shape index (κ1) is 32.2. The first-order chi connectivity index (χ1) is 22.8. The summed E-state index contributed by atoms with van der Waals surface area (Å²) in [5.41, 5.74) is 3.21. The van der Waals surface area contributed by atoms with Gasteiger partial charge in [0.15, 0.2) is 0 Å². The van der Waals surface area contributed by atoms with Crippen molar-refractivity contribution in [2.24, 2.45) is 0 Å². The number of carbonyl (C=O) groups is 3. The fourth-order valence-electron chi connectivity index (χ4n) is 6.48. The van der Waals surface area contributed by atoms with Gasteiger partial charge in [-0.2, -0.15) is 5.01 Å². The molecule has 4 aromatic rings. The number of fused-ring (bicyclic) bond motifs is 2. The van der Waals surface area contributed by atoms with Crippen molar-refractivity contribution in [3.05, 3.63) is 114 Å². The van der Waals surface area contributed by atoms with Crippen LogP contribution in [-0.2, 0) is 40.4 Å². The van der Waals surface area contributed by atoms with Crippen molar-refractivity contribution in [1.29, 1.82) is 0 Å². The minimum Gasteiger partial charge on any atom is -0.333 e. The highest BCUT2D eigenvalue weighted by atomic mass is 32.2. The SMILES string of the molecule is CCCN(C(=O)NCc1ccccc1)N1CC(=O)N2[C@@H](Cc3ccc(NS(=O)O)cc3)C(=O)N(Cc3cccc4ccccc34)C[C@@H]21. The number of nitrogens with zero attached hydrogens (tertiary/aromatic N) is 4. The molecule has 4 amide bonds. The van der Waals surface area contributed by atoms with Gasteiger partial charge in [-0.1, -0.05) is 91.9 Å². The van der Waals surface area contributed by atoms with E-state index in [2.05, 4.69) is 10.0 Å². The number of hydrogen-bond acceptors (Lipinski definition) is 5. The van der Waals surface area contributed by atoms with Crippen LogP contribution in [0.1, 0.15) is 30.0 Å². The molecule has 2 aliphatic heterocycles. The second kappa shape index (κ2) is 14.3. The number of benzene rings is 4. The molecule has 0 radical (unpaired) electrons. The van der Waals surface area contributed by atoms with Crippen LogP contribution in [0.4, 0.5) is 10.5 Å². The summed E-state index contributed by atoms with van der Waals surface area (Å²) in [6, 6.07) is 29.5. The number of hydrogen-bond donors (Lipinski definition) is 3. The van der Waals surface area contributed by atoms with E-state index in [0.717, 1.165) is 27.5 Å². The molecule has 0 saturated carbocycles. The number of piperazine rings is 1. The number of rotatable bonds is 11. The van der Waals surface area contributed by atoms with Crippen LogP contribution in [0.3, 0.4) is 0 Å². The minimum atomic E-state index is -2.21. The Morgan fingerprint density at radius 3 is 2.40 bits per heavy atom. The molecule has 3 atom stereocenters. The van der Waals surface area contributed by atoms with Crippen LogP contribution in [0, 0.1) is 0 Å². The van der Waals surface area contributed by atoms with E-state index in [4.69, 9.17) is 0 Å². The van der Waals surface area contributed by atoms with Crippen molar-refractivity contribution in [2.45, 2.75) is 45.1 Å². The summed E-state index contributed by atoms with van der Waals surface area (Å²) >= 11 is -2.21. The second-order valence-corrected chi connectivity index (χ2v) is 12.5. The number of nitrogens with one attached hydrogen (secondary N) is 2. The smallest absolute Gasteiger partial charge is 0.332 e. The van der Waals surface area contributed by atoms with E-state index >= 15 is 0 Å². The zero-order chi connectivity index (χ0) is 32.9. The molecule has 1 unspecified atom stereocenters. The highest BCUT2D eigenvalue weighted by Gasteiger charge is 2.52. The van der Waals surface area contributed by atoms with E-state index in [1.165, 1.54) is 0 Å². The first-order valence-corrected chi connectivity index (χ1v) is 16.8. The van der Waals surface area contributed by atoms with E-state index in [1.54, 1.807) is 39.1 Å². The highest BCUT2D eigenvalue weighted by molar-refractivity contribution is 7.80. The molecule has 47 heavy (non-hydrogen) atoms. The van der Waals surface area contributed by atoms with Crippen LogP contribution < -0.4 is 10.0 Å². The van der Waals surface area contributed by atoms with Crippen LogP contribution >= 0.6 is 0 Å². The van der Waals surface area contributed by atoms with Crippen molar-refractivity contribution in [1.82, 2.24) is 25.1 Å². The van der Waals surface area contributed by atoms with Gasteiger partial charge in [0.05, 0.1) is 13.1 Å². The molecule has 244 valence electrons. The third-order valence-corrected chi connectivity index (χ3v) is 9.07. The van der Waals surface area contributed by atoms with Crippen molar-refractivity contribution in [3.8, 4) is 0 Å². The maximum absolute atomic E-state index is 14.3. The van der Waals surface area contributed by atoms with Gasteiger partial charge in [0.25, 0.3) is 11.3 Å². The summed E-state index contributed by atoms with van der Waals surface area (Å²) in [6.45, 7) is 3.29. The van der Waals surface area contributed by atoms with Crippen molar-refractivity contribution < 1.29 is 23.1 Å². The average molecular weight is 655 g/mol. The average Bonchev–Trinajstić information content (AvgIpc) is 3.40. The number of amides is 4. The Balaban J connectivity index is 1.31. The molecule has 4 aromatic carbocycles. The summed E-state index contributed by atoms with van der Waals surface area (Å²) in [6.07, 6.45) is 0.376. The van der Waals surface area contributed by atoms with E-state index < -0.39 is 23.5 Å². The third kappa shape index (κ3) is 7.14. The van der Waals surface area contributed by atoms with Crippen molar-refractivity contribution in [2.75, 3.05) is 24.4 Å². The van der Waals surface area contributed by atoms with Gasteiger partial charge in [0.1, 0.15) is 12.2 Å². The summed E-state index contributed by atoms with van der Waals surface area (Å²) in [5.74, 6) is -0.386. The lowest BCUT2D eigenvalue weighted by atomic mass is 9.99. The summed E-state index contributed by atoms with van der Waals surface area (Å²) < 4.78 is 22.8. The Bertz CT molecular complexity index is 1770. The molecule has 0 spiro atoms. The van der Waals surface area contributed by atoms with E-state index in [9.17, 15) is 23.1 Å². The van der Waals surface area contributed by atoms with Gasteiger partial charge >= 0.3 is 6.03 Å². The van der Waals surface area contributed by atoms with Crippen LogP contribution in [0.5, 0.6) is 0 Å². The maximum Gasteiger partial charge on any atom is 0.332 e. The summed E-state index contributed by atoms with van der Waals surface area (Å²) in [7, 11) is 0. The molecule has 12 heteroatoms. The Hall–Kier alpha value is -4.78.